The van der Waals surface area contributed by atoms with Crippen molar-refractivity contribution < 1.29 is 23.8 Å². The molecule has 8 heteroatoms. The molecule has 1 saturated heterocycles. The van der Waals surface area contributed by atoms with E-state index < -0.39 is 5.41 Å². The predicted molar refractivity (Wildman–Crippen MR) is 122 cm³/mol. The van der Waals surface area contributed by atoms with Crippen LogP contribution in [0.15, 0.2) is 42.5 Å². The highest BCUT2D eigenvalue weighted by Crippen LogP contribution is 2.31. The fourth-order valence-corrected chi connectivity index (χ4v) is 3.86. The molecule has 2 aromatic rings. The summed E-state index contributed by atoms with van der Waals surface area (Å²) in [5.41, 5.74) is 0.861. The lowest BCUT2D eigenvalue weighted by molar-refractivity contribution is -0.132. The van der Waals surface area contributed by atoms with Gasteiger partial charge in [-0.2, -0.15) is 0 Å². The Bertz CT molecular complexity index is 942. The van der Waals surface area contributed by atoms with E-state index in [1.807, 2.05) is 31.2 Å². The number of urea groups is 1. The number of piperidine rings is 1. The molecule has 0 bridgehead atoms. The lowest BCUT2D eigenvalue weighted by Crippen LogP contribution is -2.52. The first kappa shape index (κ1) is 23.2. The van der Waals surface area contributed by atoms with Gasteiger partial charge < -0.3 is 29.7 Å². The summed E-state index contributed by atoms with van der Waals surface area (Å²) in [4.78, 5) is 27.6. The molecule has 0 saturated carbocycles. The van der Waals surface area contributed by atoms with Crippen molar-refractivity contribution in [3.63, 3.8) is 0 Å². The molecule has 0 spiro atoms. The van der Waals surface area contributed by atoms with Crippen LogP contribution in [-0.4, -0.2) is 51.3 Å². The number of benzene rings is 2. The van der Waals surface area contributed by atoms with Crippen LogP contribution in [0, 0.1) is 5.41 Å². The molecule has 0 aromatic heterocycles. The van der Waals surface area contributed by atoms with Crippen LogP contribution in [0.1, 0.15) is 25.3 Å². The highest BCUT2D eigenvalue weighted by Gasteiger charge is 2.39. The minimum atomic E-state index is -0.666. The molecule has 0 aliphatic carbocycles. The summed E-state index contributed by atoms with van der Waals surface area (Å²) < 4.78 is 15.8. The Labute approximate surface area is 188 Å². The largest absolute Gasteiger partial charge is 0.497 e. The maximum absolute atomic E-state index is 13.0. The average Bonchev–Trinajstić information content (AvgIpc) is 2.82. The molecule has 1 atom stereocenters. The first-order chi connectivity index (χ1) is 15.4. The Morgan fingerprint density at radius 1 is 1.00 bits per heavy atom. The van der Waals surface area contributed by atoms with E-state index in [0.29, 0.717) is 43.2 Å². The molecule has 3 amide bonds. The predicted octanol–water partition coefficient (Wildman–Crippen LogP) is 3.66. The molecule has 2 aromatic carbocycles. The quantitative estimate of drug-likeness (QED) is 0.685. The summed E-state index contributed by atoms with van der Waals surface area (Å²) in [6, 6.07) is 12.5. The van der Waals surface area contributed by atoms with E-state index in [-0.39, 0.29) is 11.9 Å². The van der Waals surface area contributed by atoms with Crippen LogP contribution in [-0.2, 0) is 11.3 Å². The van der Waals surface area contributed by atoms with Gasteiger partial charge in [-0.1, -0.05) is 12.1 Å². The second kappa shape index (κ2) is 10.3. The number of rotatable bonds is 7. The molecule has 1 fully saturated rings. The Kier molecular flexibility index (Phi) is 7.45. The van der Waals surface area contributed by atoms with E-state index in [2.05, 4.69) is 10.6 Å². The van der Waals surface area contributed by atoms with Gasteiger partial charge in [0, 0.05) is 43.5 Å². The fourth-order valence-electron chi connectivity index (χ4n) is 3.86. The van der Waals surface area contributed by atoms with Gasteiger partial charge in [-0.3, -0.25) is 4.79 Å². The van der Waals surface area contributed by atoms with Crippen LogP contribution in [0.5, 0.6) is 17.2 Å². The molecular weight excluding hydrogens is 410 g/mol. The number of amides is 3. The number of anilines is 1. The summed E-state index contributed by atoms with van der Waals surface area (Å²) in [5, 5.41) is 5.90. The molecular formula is C24H31N3O5. The first-order valence-electron chi connectivity index (χ1n) is 10.6. The highest BCUT2D eigenvalue weighted by molar-refractivity contribution is 5.91. The van der Waals surface area contributed by atoms with Gasteiger partial charge in [0.25, 0.3) is 0 Å². The molecule has 8 nitrogen and oxygen atoms in total. The van der Waals surface area contributed by atoms with Crippen molar-refractivity contribution in [1.29, 1.82) is 0 Å². The number of hydrogen-bond donors (Lipinski definition) is 2. The summed E-state index contributed by atoms with van der Waals surface area (Å²) in [7, 11) is 4.73. The molecule has 3 rings (SSSR count). The third-order valence-corrected chi connectivity index (χ3v) is 5.72. The third-order valence-electron chi connectivity index (χ3n) is 5.72. The third kappa shape index (κ3) is 5.63. The van der Waals surface area contributed by atoms with Crippen molar-refractivity contribution in [1.82, 2.24) is 10.2 Å². The summed E-state index contributed by atoms with van der Waals surface area (Å²) in [6.45, 7) is 3.24. The summed E-state index contributed by atoms with van der Waals surface area (Å²) in [6.07, 6.45) is 1.46. The molecule has 1 aliphatic rings. The fraction of sp³-hybridized carbons (Fsp3) is 0.417. The number of likely N-dealkylation sites (tertiary alicyclic amines) is 1. The van der Waals surface area contributed by atoms with Gasteiger partial charge in [-0.05, 0) is 37.5 Å². The Morgan fingerprint density at radius 2 is 1.69 bits per heavy atom. The van der Waals surface area contributed by atoms with Crippen LogP contribution >= 0.6 is 0 Å². The Balaban J connectivity index is 1.62. The topological polar surface area (TPSA) is 89.1 Å². The van der Waals surface area contributed by atoms with Gasteiger partial charge >= 0.3 is 6.03 Å². The van der Waals surface area contributed by atoms with Crippen molar-refractivity contribution in [2.75, 3.05) is 39.7 Å². The molecule has 1 aliphatic heterocycles. The van der Waals surface area contributed by atoms with Gasteiger partial charge in [0.2, 0.25) is 5.91 Å². The number of nitrogens with zero attached hydrogens (tertiary/aromatic N) is 1. The van der Waals surface area contributed by atoms with Gasteiger partial charge in [-0.25, -0.2) is 4.79 Å². The number of nitrogens with one attached hydrogen (secondary N) is 2. The normalized spacial score (nSPS) is 17.9. The second-order valence-corrected chi connectivity index (χ2v) is 8.15. The van der Waals surface area contributed by atoms with E-state index in [4.69, 9.17) is 14.2 Å². The van der Waals surface area contributed by atoms with Crippen LogP contribution in [0.2, 0.25) is 0 Å². The molecule has 1 heterocycles. The number of carbonyl (C=O) groups excluding carboxylic acids is 2. The first-order valence-corrected chi connectivity index (χ1v) is 10.6. The second-order valence-electron chi connectivity index (χ2n) is 8.15. The lowest BCUT2D eigenvalue weighted by atomic mass is 9.81. The smallest absolute Gasteiger partial charge is 0.321 e. The Hall–Kier alpha value is -3.42. The molecule has 0 unspecified atom stereocenters. The van der Waals surface area contributed by atoms with Gasteiger partial charge in [0.15, 0.2) is 0 Å². The van der Waals surface area contributed by atoms with Gasteiger partial charge in [0.1, 0.15) is 17.2 Å². The molecule has 172 valence electrons. The van der Waals surface area contributed by atoms with Crippen molar-refractivity contribution >= 4 is 17.6 Å². The van der Waals surface area contributed by atoms with Crippen molar-refractivity contribution in [3.8, 4) is 17.2 Å². The SMILES string of the molecule is COc1cccc(CNC(=O)[C@]2(C)CCCN(C(=O)Nc3cc(OC)cc(OC)c3)C2)c1. The van der Waals surface area contributed by atoms with E-state index in [1.54, 1.807) is 44.4 Å². The maximum atomic E-state index is 13.0. The molecule has 2 N–H and O–H groups in total. The summed E-state index contributed by atoms with van der Waals surface area (Å²) >= 11 is 0. The van der Waals surface area contributed by atoms with Crippen LogP contribution in [0.4, 0.5) is 10.5 Å². The van der Waals surface area contributed by atoms with Gasteiger partial charge in [0.05, 0.1) is 26.7 Å². The molecule has 0 radical (unpaired) electrons. The standard InChI is InChI=1S/C24H31N3O5/c1-24(22(28)25-15-17-7-5-8-19(11-17)30-2)9-6-10-27(16-24)23(29)26-18-12-20(31-3)14-21(13-18)32-4/h5,7-8,11-14H,6,9-10,15-16H2,1-4H3,(H,25,28)(H,26,29)/t24-/m1/s1. The zero-order chi connectivity index (χ0) is 23.1. The van der Waals surface area contributed by atoms with Crippen molar-refractivity contribution in [2.45, 2.75) is 26.3 Å². The number of ether oxygens (including phenoxy) is 3. The van der Waals surface area contributed by atoms with Crippen molar-refractivity contribution in [3.05, 3.63) is 48.0 Å². The van der Waals surface area contributed by atoms with Gasteiger partial charge in [-0.15, -0.1) is 0 Å². The monoisotopic (exact) mass is 441 g/mol. The number of hydrogen-bond acceptors (Lipinski definition) is 5. The molecule has 32 heavy (non-hydrogen) atoms. The minimum absolute atomic E-state index is 0.0686. The van der Waals surface area contributed by atoms with Crippen LogP contribution < -0.4 is 24.8 Å². The van der Waals surface area contributed by atoms with Crippen LogP contribution in [0.25, 0.3) is 0 Å². The van der Waals surface area contributed by atoms with Crippen LogP contribution in [0.3, 0.4) is 0 Å². The van der Waals surface area contributed by atoms with E-state index >= 15 is 0 Å². The highest BCUT2D eigenvalue weighted by atomic mass is 16.5. The number of methoxy groups -OCH3 is 3. The minimum Gasteiger partial charge on any atom is -0.497 e. The zero-order valence-electron chi connectivity index (χ0n) is 19.1. The summed E-state index contributed by atoms with van der Waals surface area (Å²) in [5.74, 6) is 1.85. The Morgan fingerprint density at radius 3 is 2.34 bits per heavy atom. The lowest BCUT2D eigenvalue weighted by Gasteiger charge is -2.39. The zero-order valence-corrected chi connectivity index (χ0v) is 19.1. The van der Waals surface area contributed by atoms with E-state index in [0.717, 1.165) is 17.7 Å². The van der Waals surface area contributed by atoms with E-state index in [1.165, 1.54) is 0 Å². The van der Waals surface area contributed by atoms with Crippen molar-refractivity contribution in [2.24, 2.45) is 5.41 Å². The maximum Gasteiger partial charge on any atom is 0.321 e. The van der Waals surface area contributed by atoms with E-state index in [9.17, 15) is 9.59 Å². The average molecular weight is 442 g/mol. The number of carbonyl (C=O) groups is 2.